The molecule has 3 heteroatoms. The van der Waals surface area contributed by atoms with Crippen LogP contribution in [-0.2, 0) is 0 Å². The molecule has 0 saturated carbocycles. The third-order valence-corrected chi connectivity index (χ3v) is 2.48. The van der Waals surface area contributed by atoms with Crippen molar-refractivity contribution >= 4 is 11.6 Å². The highest BCUT2D eigenvalue weighted by atomic mass is 35.5. The molecule has 0 atom stereocenters. The highest BCUT2D eigenvalue weighted by molar-refractivity contribution is 6.25. The first-order valence-corrected chi connectivity index (χ1v) is 5.31. The van der Waals surface area contributed by atoms with Crippen LogP contribution in [0.25, 0.3) is 0 Å². The molecule has 0 N–H and O–H groups in total. The van der Waals surface area contributed by atoms with E-state index >= 15 is 0 Å². The molecule has 0 aliphatic carbocycles. The Kier molecular flexibility index (Phi) is 4.13. The van der Waals surface area contributed by atoms with Gasteiger partial charge >= 0.3 is 0 Å². The molecule has 0 unspecified atom stereocenters. The van der Waals surface area contributed by atoms with Crippen molar-refractivity contribution in [3.63, 3.8) is 0 Å². The minimum atomic E-state index is -0.365. The Bertz CT molecular complexity index is 393. The summed E-state index contributed by atoms with van der Waals surface area (Å²) in [6, 6.07) is 5.77. The average Bonchev–Trinajstić information content (AvgIpc) is 2.28. The first-order valence-electron chi connectivity index (χ1n) is 4.87. The molecular weight excluding hydrogens is 227 g/mol. The van der Waals surface area contributed by atoms with Crippen LogP contribution in [0, 0.1) is 11.2 Å². The Hall–Kier alpha value is -1.28. The van der Waals surface area contributed by atoms with Crippen LogP contribution in [0.3, 0.4) is 0 Å². The summed E-state index contributed by atoms with van der Waals surface area (Å²) >= 11 is 5.70. The van der Waals surface area contributed by atoms with E-state index in [1.807, 2.05) is 13.8 Å². The zero-order chi connectivity index (χ0) is 12.2. The summed E-state index contributed by atoms with van der Waals surface area (Å²) < 4.78 is 18.3. The van der Waals surface area contributed by atoms with E-state index in [4.69, 9.17) is 16.3 Å². The van der Waals surface area contributed by atoms with E-state index in [0.29, 0.717) is 11.5 Å². The molecule has 1 aromatic carbocycles. The quantitative estimate of drug-likeness (QED) is 0.556. The molecular formula is C13H14ClFO. The molecule has 0 heterocycles. The number of rotatable bonds is 4. The van der Waals surface area contributed by atoms with Crippen molar-refractivity contribution in [1.29, 1.82) is 0 Å². The van der Waals surface area contributed by atoms with Gasteiger partial charge in [-0.3, -0.25) is 0 Å². The molecule has 0 amide bonds. The number of hydrogen-bond acceptors (Lipinski definition) is 1. The van der Waals surface area contributed by atoms with Crippen LogP contribution in [0.1, 0.15) is 13.8 Å². The molecule has 0 spiro atoms. The SMILES string of the molecule is C=CC(C)(C)/C(=C/Cl)Oc1ccc(F)cc1. The van der Waals surface area contributed by atoms with Gasteiger partial charge in [0.25, 0.3) is 0 Å². The van der Waals surface area contributed by atoms with Gasteiger partial charge in [-0.2, -0.15) is 0 Å². The fraction of sp³-hybridized carbons (Fsp3) is 0.231. The highest BCUT2D eigenvalue weighted by Gasteiger charge is 2.21. The topological polar surface area (TPSA) is 9.23 Å². The summed E-state index contributed by atoms with van der Waals surface area (Å²) in [6.07, 6.45) is 1.74. The zero-order valence-corrected chi connectivity index (χ0v) is 10.1. The highest BCUT2D eigenvalue weighted by Crippen LogP contribution is 2.30. The van der Waals surface area contributed by atoms with Crippen LogP contribution in [0.2, 0.25) is 0 Å². The summed E-state index contributed by atoms with van der Waals surface area (Å²) in [6.45, 7) is 7.57. The van der Waals surface area contributed by atoms with Crippen molar-refractivity contribution < 1.29 is 9.13 Å². The van der Waals surface area contributed by atoms with Gasteiger partial charge in [0.15, 0.2) is 0 Å². The second kappa shape index (κ2) is 5.17. The van der Waals surface area contributed by atoms with Gasteiger partial charge in [0.2, 0.25) is 0 Å². The van der Waals surface area contributed by atoms with Gasteiger partial charge < -0.3 is 4.74 Å². The Balaban J connectivity index is 2.87. The molecule has 1 aromatic rings. The van der Waals surface area contributed by atoms with Gasteiger partial charge in [-0.15, -0.1) is 6.58 Å². The first kappa shape index (κ1) is 12.8. The third kappa shape index (κ3) is 3.11. The van der Waals surface area contributed by atoms with E-state index in [1.165, 1.54) is 17.7 Å². The predicted octanol–water partition coefficient (Wildman–Crippen LogP) is 4.50. The largest absolute Gasteiger partial charge is 0.460 e. The van der Waals surface area contributed by atoms with Crippen molar-refractivity contribution in [3.05, 3.63) is 54.0 Å². The molecule has 0 fully saturated rings. The van der Waals surface area contributed by atoms with E-state index in [1.54, 1.807) is 18.2 Å². The van der Waals surface area contributed by atoms with Crippen molar-refractivity contribution in [1.82, 2.24) is 0 Å². The van der Waals surface area contributed by atoms with E-state index in [-0.39, 0.29) is 11.2 Å². The molecule has 0 radical (unpaired) electrons. The van der Waals surface area contributed by atoms with Gasteiger partial charge in [-0.05, 0) is 38.1 Å². The maximum atomic E-state index is 12.7. The number of halogens is 2. The van der Waals surface area contributed by atoms with E-state index in [2.05, 4.69) is 6.58 Å². The maximum Gasteiger partial charge on any atom is 0.127 e. The van der Waals surface area contributed by atoms with Gasteiger partial charge in [0, 0.05) is 11.0 Å². The van der Waals surface area contributed by atoms with Crippen LogP contribution < -0.4 is 4.74 Å². The van der Waals surface area contributed by atoms with Crippen LogP contribution in [-0.4, -0.2) is 0 Å². The van der Waals surface area contributed by atoms with E-state index in [0.717, 1.165) is 0 Å². The van der Waals surface area contributed by atoms with Crippen molar-refractivity contribution in [2.45, 2.75) is 13.8 Å². The molecule has 1 nitrogen and oxygen atoms in total. The number of hydrogen-bond donors (Lipinski definition) is 0. The number of allylic oxidation sites excluding steroid dienone is 1. The second-order valence-corrected chi connectivity index (χ2v) is 4.17. The van der Waals surface area contributed by atoms with Gasteiger partial charge in [0.05, 0.1) is 0 Å². The monoisotopic (exact) mass is 240 g/mol. The minimum Gasteiger partial charge on any atom is -0.460 e. The molecule has 0 bridgehead atoms. The lowest BCUT2D eigenvalue weighted by atomic mass is 9.92. The molecule has 1 rings (SSSR count). The molecule has 0 aliphatic rings. The summed E-state index contributed by atoms with van der Waals surface area (Å²) in [4.78, 5) is 0. The fourth-order valence-electron chi connectivity index (χ4n) is 1.02. The second-order valence-electron chi connectivity index (χ2n) is 3.96. The third-order valence-electron chi connectivity index (χ3n) is 2.29. The first-order chi connectivity index (χ1) is 7.49. The predicted molar refractivity (Wildman–Crippen MR) is 64.9 cm³/mol. The summed E-state index contributed by atoms with van der Waals surface area (Å²) in [5.74, 6) is 0.811. The zero-order valence-electron chi connectivity index (χ0n) is 9.34. The van der Waals surface area contributed by atoms with Crippen molar-refractivity contribution in [2.75, 3.05) is 0 Å². The van der Waals surface area contributed by atoms with Gasteiger partial charge in [0.1, 0.15) is 17.3 Å². The van der Waals surface area contributed by atoms with Crippen LogP contribution in [0.15, 0.2) is 48.2 Å². The Labute approximate surface area is 100 Å². The fourth-order valence-corrected chi connectivity index (χ4v) is 1.35. The van der Waals surface area contributed by atoms with Gasteiger partial charge in [-0.25, -0.2) is 4.39 Å². The number of ether oxygens (including phenoxy) is 1. The smallest absolute Gasteiger partial charge is 0.127 e. The Morgan fingerprint density at radius 3 is 2.38 bits per heavy atom. The summed E-state index contributed by atoms with van der Waals surface area (Å²) in [5.41, 5.74) is 1.00. The molecule has 16 heavy (non-hydrogen) atoms. The molecule has 0 aliphatic heterocycles. The maximum absolute atomic E-state index is 12.7. The lowest BCUT2D eigenvalue weighted by molar-refractivity contribution is 0.321. The summed E-state index contributed by atoms with van der Waals surface area (Å²) in [5, 5.41) is 0. The van der Waals surface area contributed by atoms with E-state index in [9.17, 15) is 4.39 Å². The normalized spacial score (nSPS) is 12.4. The molecule has 0 aromatic heterocycles. The average molecular weight is 241 g/mol. The number of benzene rings is 1. The lowest BCUT2D eigenvalue weighted by Gasteiger charge is -2.23. The summed E-state index contributed by atoms with van der Waals surface area (Å²) in [7, 11) is 0. The van der Waals surface area contributed by atoms with E-state index < -0.39 is 0 Å². The van der Waals surface area contributed by atoms with Crippen LogP contribution >= 0.6 is 11.6 Å². The standard InChI is InChI=1S/C13H14ClFO/c1-4-13(2,3)12(9-14)16-11-7-5-10(15)6-8-11/h4-9H,1H2,2-3H3/b12-9-. The van der Waals surface area contributed by atoms with Crippen molar-refractivity contribution in [3.8, 4) is 5.75 Å². The minimum absolute atomic E-state index is 0.299. The lowest BCUT2D eigenvalue weighted by Crippen LogP contribution is -2.15. The Morgan fingerprint density at radius 2 is 1.94 bits per heavy atom. The molecule has 86 valence electrons. The Morgan fingerprint density at radius 1 is 1.38 bits per heavy atom. The van der Waals surface area contributed by atoms with Crippen molar-refractivity contribution in [2.24, 2.45) is 5.41 Å². The molecule has 0 saturated heterocycles. The van der Waals surface area contributed by atoms with Gasteiger partial charge in [-0.1, -0.05) is 17.7 Å². The van der Waals surface area contributed by atoms with Crippen LogP contribution in [0.5, 0.6) is 5.75 Å². The van der Waals surface area contributed by atoms with Crippen LogP contribution in [0.4, 0.5) is 4.39 Å².